The first-order valence-corrected chi connectivity index (χ1v) is 42.2. The first-order chi connectivity index (χ1) is 60.1. The van der Waals surface area contributed by atoms with Crippen LogP contribution in [0.15, 0.2) is 141 Å². The van der Waals surface area contributed by atoms with Crippen LogP contribution >= 0.6 is 69.9 Å². The van der Waals surface area contributed by atoms with Crippen LogP contribution in [0.5, 0.6) is 0 Å². The van der Waals surface area contributed by atoms with Gasteiger partial charge in [0.05, 0.1) is 38.0 Å². The van der Waals surface area contributed by atoms with Crippen LogP contribution in [0.4, 0.5) is 86.0 Å². The number of fused-ring (bicyclic) bond motifs is 6. The van der Waals surface area contributed by atoms with Crippen LogP contribution in [-0.2, 0) is 25.6 Å². The molecular weight excluding hydrogens is 1800 g/mol. The summed E-state index contributed by atoms with van der Waals surface area (Å²) in [4.78, 5) is 121. The lowest BCUT2D eigenvalue weighted by Gasteiger charge is -2.37. The molecular formula is C79H73Cl4F13N24O4S2. The number of nitrogens with one attached hydrogen (secondary N) is 8. The van der Waals surface area contributed by atoms with Gasteiger partial charge in [-0.3, -0.25) is 19.2 Å². The second kappa shape index (κ2) is 37.5. The van der Waals surface area contributed by atoms with Crippen molar-refractivity contribution in [1.82, 2.24) is 101 Å². The first-order valence-electron chi connectivity index (χ1n) is 38.4. The molecule has 0 bridgehead atoms. The zero-order valence-electron chi connectivity index (χ0n) is 64.9. The minimum atomic E-state index is -4.54. The summed E-state index contributed by atoms with van der Waals surface area (Å²) in [7, 11) is 0. The molecule has 664 valence electrons. The SMILES string of the molecule is O=C(NCC(F)(F)F)[C@@H]1CSCN1c1nc(-c2c[nH]c3ncc(Cl)cc23)ncc1F.O=C(NCC(F)(F)F)[C@@H]1C[C@@H]2CCCC[C@@H]2N1c1ccnc(-c2c[nH]c3ncc(Cl)cc23)n1.O=C(NCC(F)(F)F)[C@H]1CCc2ccccc2N1c1ccnc(-c2c[nH]c3ncc(Cl)cc23)n1.O=C(NCC(F)(F)F)[C@H]1CSCN1c1ccnc(-c2c[nH]c3ncc(Cl)cc23)n1.[HH].[HH].[HH]. The van der Waals surface area contributed by atoms with Crippen molar-refractivity contribution in [2.75, 3.05) is 69.0 Å². The number of alkyl halides is 12. The molecule has 0 unspecified atom stereocenters. The van der Waals surface area contributed by atoms with Crippen LogP contribution in [-0.4, -0.2) is 208 Å². The van der Waals surface area contributed by atoms with E-state index in [0.717, 1.165) is 53.6 Å². The summed E-state index contributed by atoms with van der Waals surface area (Å²) in [6.45, 7) is -5.56. The Morgan fingerprint density at radius 2 is 0.833 bits per heavy atom. The van der Waals surface area contributed by atoms with E-state index >= 15 is 0 Å². The Balaban J connectivity index is 0.000000155. The number of hydrogen-bond acceptors (Lipinski definition) is 22. The average molecular weight is 1880 g/mol. The molecule has 6 atom stereocenters. The van der Waals surface area contributed by atoms with Crippen molar-refractivity contribution in [2.24, 2.45) is 5.92 Å². The number of pyridine rings is 4. The van der Waals surface area contributed by atoms with Crippen LogP contribution in [0.3, 0.4) is 0 Å². The molecule has 28 nitrogen and oxygen atoms in total. The number of benzene rings is 1. The third kappa shape index (κ3) is 20.9. The molecule has 0 radical (unpaired) electrons. The van der Waals surface area contributed by atoms with E-state index in [9.17, 15) is 76.3 Å². The molecule has 4 fully saturated rings. The third-order valence-corrected chi connectivity index (χ3v) is 23.7. The van der Waals surface area contributed by atoms with Gasteiger partial charge in [-0.25, -0.2) is 64.2 Å². The number of aryl methyl sites for hydroxylation is 1. The van der Waals surface area contributed by atoms with Gasteiger partial charge in [-0.05, 0) is 92.1 Å². The van der Waals surface area contributed by atoms with Crippen molar-refractivity contribution in [3.63, 3.8) is 0 Å². The maximum absolute atomic E-state index is 14.5. The highest BCUT2D eigenvalue weighted by Crippen LogP contribution is 2.44. The molecule has 13 aromatic rings. The van der Waals surface area contributed by atoms with Gasteiger partial charge in [0.1, 0.15) is 90.4 Å². The van der Waals surface area contributed by atoms with Crippen LogP contribution in [0.25, 0.3) is 89.7 Å². The summed E-state index contributed by atoms with van der Waals surface area (Å²) in [5.41, 5.74) is 6.68. The summed E-state index contributed by atoms with van der Waals surface area (Å²) >= 11 is 27.0. The largest absolute Gasteiger partial charge is 0.405 e. The third-order valence-electron chi connectivity index (χ3n) is 20.8. The molecule has 1 aromatic carbocycles. The number of aromatic amines is 4. The van der Waals surface area contributed by atoms with Crippen LogP contribution in [0, 0.1) is 11.7 Å². The van der Waals surface area contributed by atoms with Crippen molar-refractivity contribution in [2.45, 2.75) is 99.9 Å². The van der Waals surface area contributed by atoms with Crippen molar-refractivity contribution in [3.8, 4) is 45.6 Å². The van der Waals surface area contributed by atoms with Crippen LogP contribution < -0.4 is 40.9 Å². The van der Waals surface area contributed by atoms with Gasteiger partial charge in [-0.1, -0.05) is 77.4 Å². The lowest BCUT2D eigenvalue weighted by atomic mass is 9.84. The fourth-order valence-corrected chi connectivity index (χ4v) is 18.3. The zero-order valence-corrected chi connectivity index (χ0v) is 69.5. The quantitative estimate of drug-likeness (QED) is 0.0417. The number of carbonyl (C=O) groups excluding carboxylic acids is 4. The van der Waals surface area contributed by atoms with E-state index in [1.807, 2.05) is 45.1 Å². The smallest absolute Gasteiger partial charge is 0.345 e. The molecule has 12 aromatic heterocycles. The Labute approximate surface area is 737 Å². The number of aromatic nitrogens is 16. The van der Waals surface area contributed by atoms with Gasteiger partial charge < -0.3 is 60.8 Å². The predicted molar refractivity (Wildman–Crippen MR) is 456 cm³/mol. The molecule has 0 spiro atoms. The average Bonchev–Trinajstić information content (AvgIpc) is 1.73. The number of amides is 4. The number of rotatable bonds is 16. The number of carbonyl (C=O) groups is 4. The maximum Gasteiger partial charge on any atom is 0.405 e. The number of hydrogen-bond donors (Lipinski definition) is 8. The Hall–Kier alpha value is -11.7. The highest BCUT2D eigenvalue weighted by Gasteiger charge is 2.47. The molecule has 5 aliphatic rings. The summed E-state index contributed by atoms with van der Waals surface area (Å²) in [5.74, 6) is 0.360. The van der Waals surface area contributed by atoms with Crippen LogP contribution in [0.2, 0.25) is 20.1 Å². The molecule has 16 heterocycles. The van der Waals surface area contributed by atoms with Crippen molar-refractivity contribution < 1.29 is 80.5 Å². The Kier molecular flexibility index (Phi) is 26.5. The van der Waals surface area contributed by atoms with Gasteiger partial charge in [-0.15, -0.1) is 23.5 Å². The van der Waals surface area contributed by atoms with Crippen molar-refractivity contribution >= 4 is 167 Å². The van der Waals surface area contributed by atoms with Crippen LogP contribution in [0.1, 0.15) is 48.4 Å². The Bertz CT molecular complexity index is 6210. The minimum absolute atomic E-state index is 0. The number of para-hydroxylation sites is 1. The lowest BCUT2D eigenvalue weighted by molar-refractivity contribution is -0.139. The number of anilines is 5. The standard InChI is InChI=1S/C23H18ClF3N6O.C22H22ClF3N6O.C17H13ClF4N6OS.C17H14ClF3N6OS.3H2/c24-14-9-15-16(11-30-20(15)29-10-14)21-28-8-7-19(32-21)33-17-4-2-1-3-13(17)5-6-18(33)22(34)31-12-23(25,26)27;23-13-8-14-15(10-29-19(14)28-9-13)20-27-6-5-18(31-20)32-16-4-2-1-3-12(16)7-17(32)21(33)30-11-22(24,25)26;18-8-1-9-10(3-24-13(9)23-2-8)14-25-4-11(19)15(27-14)28-7-30-5-12(28)16(29)26-6-17(20,21)22;18-9-3-10-11(5-24-14(10)23-4-9)15-22-2-1-13(26-15)27-8-29-6-12(27)16(28)25-7-17(19,20)21;;;/h1-4,7-11,18H,5-6,12H2,(H,29,30)(H,31,34);5-6,8-10,12,16-17H,1-4,7,11H2,(H,28,29)(H,30,33);1-4,12H,5-7H2,(H,23,24)(H,26,29);1-5,12H,6-8H2,(H,23,24)(H,25,28);3*1H/t18-;12-,16-,17-;2*12-;;;/m1001.../s1. The van der Waals surface area contributed by atoms with E-state index in [0.29, 0.717) is 142 Å². The van der Waals surface area contributed by atoms with E-state index in [2.05, 4.69) is 80.1 Å². The predicted octanol–water partition coefficient (Wildman–Crippen LogP) is 16.6. The van der Waals surface area contributed by atoms with E-state index < -0.39 is 104 Å². The van der Waals surface area contributed by atoms with E-state index in [-0.39, 0.29) is 39.5 Å². The molecule has 4 amide bonds. The summed E-state index contributed by atoms with van der Waals surface area (Å²) in [6.07, 6.45) is 5.83. The molecule has 8 N–H and O–H groups in total. The van der Waals surface area contributed by atoms with Crippen molar-refractivity contribution in [1.29, 1.82) is 0 Å². The van der Waals surface area contributed by atoms with Gasteiger partial charge in [-0.2, -0.15) is 52.7 Å². The summed E-state index contributed by atoms with van der Waals surface area (Å²) in [6, 6.07) is 16.1. The Morgan fingerprint density at radius 3 is 1.30 bits per heavy atom. The van der Waals surface area contributed by atoms with E-state index in [1.54, 1.807) is 102 Å². The summed E-state index contributed by atoms with van der Waals surface area (Å²) < 4.78 is 165. The fraction of sp³-hybridized carbons (Fsp3) is 0.316. The first kappa shape index (κ1) is 89.2. The monoisotopic (exact) mass is 1870 g/mol. The zero-order chi connectivity index (χ0) is 89.1. The number of H-pyrrole nitrogens is 4. The fourth-order valence-electron chi connectivity index (χ4n) is 15.3. The number of halogens is 17. The van der Waals surface area contributed by atoms with Gasteiger partial charge in [0.15, 0.2) is 34.9 Å². The van der Waals surface area contributed by atoms with Gasteiger partial charge >= 0.3 is 24.7 Å². The van der Waals surface area contributed by atoms with Crippen molar-refractivity contribution in [3.05, 3.63) is 173 Å². The van der Waals surface area contributed by atoms with E-state index in [4.69, 9.17) is 51.4 Å². The maximum atomic E-state index is 14.5. The van der Waals surface area contributed by atoms with Gasteiger partial charge in [0, 0.05) is 139 Å². The number of nitrogens with zero attached hydrogens (tertiary/aromatic N) is 16. The topological polar surface area (TPSA) is 347 Å². The molecule has 18 rings (SSSR count). The lowest BCUT2D eigenvalue weighted by Crippen LogP contribution is -2.49. The minimum Gasteiger partial charge on any atom is -0.345 e. The molecule has 4 aliphatic heterocycles. The van der Waals surface area contributed by atoms with Gasteiger partial charge in [0.2, 0.25) is 23.6 Å². The number of thioether (sulfide) groups is 2. The second-order valence-corrected chi connectivity index (χ2v) is 33.0. The van der Waals surface area contributed by atoms with E-state index in [1.165, 1.54) is 47.0 Å². The highest BCUT2D eigenvalue weighted by atomic mass is 35.5. The molecule has 3 saturated heterocycles. The molecule has 1 saturated carbocycles. The highest BCUT2D eigenvalue weighted by molar-refractivity contribution is 8.00. The molecule has 1 aliphatic carbocycles. The van der Waals surface area contributed by atoms with Gasteiger partial charge in [0.25, 0.3) is 0 Å². The molecule has 47 heteroatoms. The molecule has 126 heavy (non-hydrogen) atoms. The normalized spacial score (nSPS) is 18.3. The Morgan fingerprint density at radius 1 is 0.444 bits per heavy atom. The summed E-state index contributed by atoms with van der Waals surface area (Å²) in [5, 5.41) is 12.5. The second-order valence-electron chi connectivity index (χ2n) is 29.2.